The first-order chi connectivity index (χ1) is 15.3. The summed E-state index contributed by atoms with van der Waals surface area (Å²) in [6.07, 6.45) is 0.500. The van der Waals surface area contributed by atoms with Crippen molar-refractivity contribution in [3.63, 3.8) is 0 Å². The minimum atomic E-state index is -0.542. The van der Waals surface area contributed by atoms with Crippen LogP contribution in [0.1, 0.15) is 18.1 Å². The third-order valence-electron chi connectivity index (χ3n) is 4.80. The standard InChI is InChI=1S/C24H28O8/c1-15(25)32-14-18(10-16-7-9-21(28-2)23(13-16)30-4)19(24(27)31-5)11-17-6-8-20(26)22(12-17)29-3/h6-9,12-13,26H,10-11,14H2,1-5H3. The zero-order chi connectivity index (χ0) is 23.7. The van der Waals surface area contributed by atoms with E-state index in [1.165, 1.54) is 34.3 Å². The number of hydrogen-bond acceptors (Lipinski definition) is 8. The Morgan fingerprint density at radius 3 is 2.00 bits per heavy atom. The fourth-order valence-corrected chi connectivity index (χ4v) is 3.17. The first-order valence-corrected chi connectivity index (χ1v) is 9.82. The highest BCUT2D eigenvalue weighted by Gasteiger charge is 2.20. The Balaban J connectivity index is 2.51. The van der Waals surface area contributed by atoms with Gasteiger partial charge < -0.3 is 28.8 Å². The second kappa shape index (κ2) is 11.6. The Morgan fingerprint density at radius 2 is 1.41 bits per heavy atom. The van der Waals surface area contributed by atoms with E-state index < -0.39 is 11.9 Å². The van der Waals surface area contributed by atoms with Gasteiger partial charge in [0.2, 0.25) is 0 Å². The summed E-state index contributed by atoms with van der Waals surface area (Å²) in [5.74, 6) is 0.384. The van der Waals surface area contributed by atoms with Gasteiger partial charge in [0.1, 0.15) is 6.61 Å². The average molecular weight is 444 g/mol. The molecule has 0 saturated heterocycles. The normalized spacial score (nSPS) is 11.3. The minimum absolute atomic E-state index is 0.00897. The number of phenolic OH excluding ortho intramolecular Hbond substituents is 1. The minimum Gasteiger partial charge on any atom is -0.504 e. The van der Waals surface area contributed by atoms with Gasteiger partial charge in [0, 0.05) is 18.9 Å². The number of methoxy groups -OCH3 is 4. The van der Waals surface area contributed by atoms with Crippen LogP contribution in [0.5, 0.6) is 23.0 Å². The molecule has 2 aromatic rings. The van der Waals surface area contributed by atoms with Crippen molar-refractivity contribution in [2.45, 2.75) is 19.8 Å². The van der Waals surface area contributed by atoms with Gasteiger partial charge in [0.15, 0.2) is 23.0 Å². The number of hydrogen-bond donors (Lipinski definition) is 1. The predicted molar refractivity (Wildman–Crippen MR) is 117 cm³/mol. The summed E-state index contributed by atoms with van der Waals surface area (Å²) in [6, 6.07) is 10.2. The molecule has 0 aliphatic rings. The molecular formula is C24H28O8. The van der Waals surface area contributed by atoms with Gasteiger partial charge in [-0.2, -0.15) is 0 Å². The van der Waals surface area contributed by atoms with Crippen LogP contribution in [0.2, 0.25) is 0 Å². The summed E-state index contributed by atoms with van der Waals surface area (Å²) in [4.78, 5) is 24.2. The Kier molecular flexibility index (Phi) is 8.95. The number of carbonyl (C=O) groups is 2. The molecule has 2 rings (SSSR count). The summed E-state index contributed by atoms with van der Waals surface area (Å²) >= 11 is 0. The third kappa shape index (κ3) is 6.41. The van der Waals surface area contributed by atoms with Gasteiger partial charge in [-0.15, -0.1) is 0 Å². The van der Waals surface area contributed by atoms with Crippen LogP contribution >= 0.6 is 0 Å². The summed E-state index contributed by atoms with van der Waals surface area (Å²) in [7, 11) is 5.82. The molecule has 0 aliphatic heterocycles. The quantitative estimate of drug-likeness (QED) is 0.440. The van der Waals surface area contributed by atoms with Gasteiger partial charge in [0.05, 0.1) is 28.4 Å². The van der Waals surface area contributed by atoms with Crippen molar-refractivity contribution in [1.29, 1.82) is 0 Å². The second-order valence-electron chi connectivity index (χ2n) is 6.90. The number of esters is 2. The largest absolute Gasteiger partial charge is 0.504 e. The fourth-order valence-electron chi connectivity index (χ4n) is 3.17. The molecule has 0 atom stereocenters. The molecule has 0 saturated carbocycles. The van der Waals surface area contributed by atoms with Crippen molar-refractivity contribution >= 4 is 11.9 Å². The maximum atomic E-state index is 12.7. The van der Waals surface area contributed by atoms with Gasteiger partial charge in [-0.1, -0.05) is 12.1 Å². The van der Waals surface area contributed by atoms with Crippen LogP contribution in [0.25, 0.3) is 0 Å². The molecule has 0 spiro atoms. The van der Waals surface area contributed by atoms with E-state index in [1.54, 1.807) is 31.4 Å². The van der Waals surface area contributed by atoms with Gasteiger partial charge in [-0.05, 0) is 47.4 Å². The van der Waals surface area contributed by atoms with Crippen molar-refractivity contribution in [2.75, 3.05) is 35.0 Å². The molecule has 172 valence electrons. The van der Waals surface area contributed by atoms with Gasteiger partial charge in [-0.3, -0.25) is 4.79 Å². The lowest BCUT2D eigenvalue weighted by atomic mass is 9.95. The number of rotatable bonds is 10. The van der Waals surface area contributed by atoms with Crippen LogP contribution in [0, 0.1) is 0 Å². The Bertz CT molecular complexity index is 993. The zero-order valence-corrected chi connectivity index (χ0v) is 18.9. The molecule has 0 unspecified atom stereocenters. The number of aromatic hydroxyl groups is 1. The van der Waals surface area contributed by atoms with E-state index in [0.29, 0.717) is 34.6 Å². The number of carbonyl (C=O) groups excluding carboxylic acids is 2. The lowest BCUT2D eigenvalue weighted by Crippen LogP contribution is -2.16. The van der Waals surface area contributed by atoms with E-state index in [9.17, 15) is 14.7 Å². The second-order valence-corrected chi connectivity index (χ2v) is 6.90. The van der Waals surface area contributed by atoms with Gasteiger partial charge in [-0.25, -0.2) is 4.79 Å². The van der Waals surface area contributed by atoms with E-state index in [1.807, 2.05) is 6.07 Å². The highest BCUT2D eigenvalue weighted by atomic mass is 16.5. The van der Waals surface area contributed by atoms with Crippen LogP contribution in [0.4, 0.5) is 0 Å². The van der Waals surface area contributed by atoms with E-state index in [2.05, 4.69) is 0 Å². The Hall–Kier alpha value is -3.68. The molecule has 8 nitrogen and oxygen atoms in total. The molecule has 0 fully saturated rings. The molecule has 0 bridgehead atoms. The summed E-state index contributed by atoms with van der Waals surface area (Å²) in [5, 5.41) is 9.86. The Morgan fingerprint density at radius 1 is 0.812 bits per heavy atom. The number of ether oxygens (including phenoxy) is 5. The molecule has 0 radical (unpaired) electrons. The molecular weight excluding hydrogens is 416 g/mol. The van der Waals surface area contributed by atoms with Gasteiger partial charge >= 0.3 is 11.9 Å². The van der Waals surface area contributed by atoms with Crippen molar-refractivity contribution in [3.8, 4) is 23.0 Å². The van der Waals surface area contributed by atoms with E-state index in [4.69, 9.17) is 23.7 Å². The van der Waals surface area contributed by atoms with Crippen LogP contribution in [0.3, 0.4) is 0 Å². The summed E-state index contributed by atoms with van der Waals surface area (Å²) in [5.41, 5.74) is 2.46. The summed E-state index contributed by atoms with van der Waals surface area (Å²) < 4.78 is 26.0. The van der Waals surface area contributed by atoms with Crippen molar-refractivity contribution < 1.29 is 38.4 Å². The molecule has 8 heteroatoms. The van der Waals surface area contributed by atoms with E-state index >= 15 is 0 Å². The summed E-state index contributed by atoms with van der Waals surface area (Å²) in [6.45, 7) is 1.22. The van der Waals surface area contributed by atoms with E-state index in [0.717, 1.165) is 5.56 Å². The molecule has 0 aromatic heterocycles. The topological polar surface area (TPSA) is 101 Å². The first kappa shape index (κ1) is 24.6. The first-order valence-electron chi connectivity index (χ1n) is 9.82. The monoisotopic (exact) mass is 444 g/mol. The van der Waals surface area contributed by atoms with Gasteiger partial charge in [0.25, 0.3) is 0 Å². The SMILES string of the molecule is COC(=O)C(Cc1ccc(O)c(OC)c1)=C(COC(C)=O)Cc1ccc(OC)c(OC)c1. The molecule has 0 aliphatic carbocycles. The number of phenols is 1. The predicted octanol–water partition coefficient (Wildman–Crippen LogP) is 3.24. The van der Waals surface area contributed by atoms with Crippen molar-refractivity contribution in [2.24, 2.45) is 0 Å². The van der Waals surface area contributed by atoms with E-state index in [-0.39, 0.29) is 24.5 Å². The lowest BCUT2D eigenvalue weighted by molar-refractivity contribution is -0.140. The van der Waals surface area contributed by atoms with Crippen LogP contribution in [0.15, 0.2) is 47.5 Å². The van der Waals surface area contributed by atoms with Crippen molar-refractivity contribution in [3.05, 3.63) is 58.7 Å². The zero-order valence-electron chi connectivity index (χ0n) is 18.9. The Labute approximate surface area is 187 Å². The molecule has 0 amide bonds. The molecule has 0 heterocycles. The smallest absolute Gasteiger partial charge is 0.334 e. The van der Waals surface area contributed by atoms with Crippen LogP contribution in [-0.2, 0) is 31.9 Å². The van der Waals surface area contributed by atoms with Crippen LogP contribution < -0.4 is 14.2 Å². The average Bonchev–Trinajstić information content (AvgIpc) is 2.80. The fraction of sp³-hybridized carbons (Fsp3) is 0.333. The maximum absolute atomic E-state index is 12.7. The lowest BCUT2D eigenvalue weighted by Gasteiger charge is -2.16. The molecule has 32 heavy (non-hydrogen) atoms. The highest BCUT2D eigenvalue weighted by Crippen LogP contribution is 2.31. The molecule has 1 N–H and O–H groups in total. The van der Waals surface area contributed by atoms with Crippen LogP contribution in [-0.4, -0.2) is 52.1 Å². The van der Waals surface area contributed by atoms with Crippen molar-refractivity contribution in [1.82, 2.24) is 0 Å². The highest BCUT2D eigenvalue weighted by molar-refractivity contribution is 5.90. The third-order valence-corrected chi connectivity index (χ3v) is 4.80. The molecule has 2 aromatic carbocycles. The maximum Gasteiger partial charge on any atom is 0.334 e. The number of benzene rings is 2.